The first-order valence-corrected chi connectivity index (χ1v) is 8.80. The van der Waals surface area contributed by atoms with Gasteiger partial charge in [-0.15, -0.1) is 0 Å². The summed E-state index contributed by atoms with van der Waals surface area (Å²) < 4.78 is 21.3. The van der Waals surface area contributed by atoms with E-state index in [9.17, 15) is 4.79 Å². The summed E-state index contributed by atoms with van der Waals surface area (Å²) in [4.78, 5) is 12.0. The highest BCUT2D eigenvalue weighted by molar-refractivity contribution is 5.96. The Morgan fingerprint density at radius 2 is 1.55 bits per heavy atom. The van der Waals surface area contributed by atoms with Crippen LogP contribution in [0.3, 0.4) is 0 Å². The van der Waals surface area contributed by atoms with Crippen molar-refractivity contribution < 1.29 is 28.8 Å². The van der Waals surface area contributed by atoms with Gasteiger partial charge in [-0.1, -0.05) is 18.2 Å². The van der Waals surface area contributed by atoms with Crippen LogP contribution in [0, 0.1) is 0 Å². The van der Waals surface area contributed by atoms with Crippen molar-refractivity contribution in [2.45, 2.75) is 6.04 Å². The quantitative estimate of drug-likeness (QED) is 0.551. The molecule has 8 nitrogen and oxygen atoms in total. The lowest BCUT2D eigenvalue weighted by atomic mass is 10.1. The molecule has 2 aromatic rings. The Bertz CT molecular complexity index is 856. The number of amides is 1. The summed E-state index contributed by atoms with van der Waals surface area (Å²) in [7, 11) is 6.16. The number of hydrogen-bond acceptors (Lipinski definition) is 7. The summed E-state index contributed by atoms with van der Waals surface area (Å²) >= 11 is 0. The van der Waals surface area contributed by atoms with E-state index in [1.54, 1.807) is 33.5 Å². The molecule has 4 N–H and O–H groups in total. The van der Waals surface area contributed by atoms with Crippen LogP contribution in [0.4, 0.5) is 5.69 Å². The number of aliphatic hydroxyl groups excluding tert-OH is 1. The Kier molecular flexibility index (Phi) is 7.88. The summed E-state index contributed by atoms with van der Waals surface area (Å²) in [6.07, 6.45) is 3.74. The van der Waals surface area contributed by atoms with E-state index in [1.165, 1.54) is 7.11 Å². The van der Waals surface area contributed by atoms with E-state index in [2.05, 4.69) is 5.32 Å². The van der Waals surface area contributed by atoms with E-state index in [-0.39, 0.29) is 0 Å². The number of benzene rings is 2. The molecule has 0 radical (unpaired) electrons. The number of hydrogen-bond donors (Lipinski definition) is 3. The van der Waals surface area contributed by atoms with Gasteiger partial charge in [0.1, 0.15) is 11.8 Å². The van der Waals surface area contributed by atoms with E-state index in [1.807, 2.05) is 30.4 Å². The fraction of sp³-hybridized carbons (Fsp3) is 0.286. The molecule has 8 heteroatoms. The fourth-order valence-electron chi connectivity index (χ4n) is 2.63. The Hall–Kier alpha value is -3.23. The molecule has 0 unspecified atom stereocenters. The van der Waals surface area contributed by atoms with Gasteiger partial charge >= 0.3 is 0 Å². The number of carbonyl (C=O) groups excluding carboxylic acids is 1. The number of rotatable bonds is 9. The van der Waals surface area contributed by atoms with Crippen molar-refractivity contribution >= 4 is 23.7 Å². The molecule has 1 atom stereocenters. The zero-order valence-electron chi connectivity index (χ0n) is 16.9. The topological polar surface area (TPSA) is 112 Å². The second kappa shape index (κ2) is 10.4. The van der Waals surface area contributed by atoms with Gasteiger partial charge in [0.05, 0.1) is 40.7 Å². The molecular weight excluding hydrogens is 376 g/mol. The van der Waals surface area contributed by atoms with Gasteiger partial charge in [0.2, 0.25) is 11.7 Å². The summed E-state index contributed by atoms with van der Waals surface area (Å²) in [6, 6.07) is 7.95. The average Bonchev–Trinajstić information content (AvgIpc) is 2.76. The number of anilines is 1. The Labute approximate surface area is 169 Å². The van der Waals surface area contributed by atoms with Gasteiger partial charge in [0.15, 0.2) is 11.5 Å². The standard InChI is InChI=1S/C21H26N2O6/c1-26-17-8-7-13(9-16(17)23-21(25)15(22)12-24)5-6-14-10-18(27-2)20(29-4)19(11-14)28-3/h5-11,15,24H,12,22H2,1-4H3,(H,23,25)/b6-5+/t15-/m0/s1. The van der Waals surface area contributed by atoms with Crippen molar-refractivity contribution in [1.29, 1.82) is 0 Å². The monoisotopic (exact) mass is 402 g/mol. The number of carbonyl (C=O) groups is 1. The third kappa shape index (κ3) is 5.40. The molecule has 0 bridgehead atoms. The SMILES string of the molecule is COc1ccc(/C=C/c2cc(OC)c(OC)c(OC)c2)cc1NC(=O)[C@@H](N)CO. The average molecular weight is 402 g/mol. The predicted molar refractivity (Wildman–Crippen MR) is 112 cm³/mol. The minimum atomic E-state index is -1.02. The number of ether oxygens (including phenoxy) is 4. The minimum absolute atomic E-state index is 0.450. The summed E-state index contributed by atoms with van der Waals surface area (Å²) in [6.45, 7) is -0.450. The molecule has 0 aliphatic heterocycles. The number of nitrogens with one attached hydrogen (secondary N) is 1. The normalized spacial score (nSPS) is 11.8. The third-order valence-corrected chi connectivity index (χ3v) is 4.17. The van der Waals surface area contributed by atoms with Gasteiger partial charge in [-0.3, -0.25) is 4.79 Å². The van der Waals surface area contributed by atoms with Crippen LogP contribution in [0.1, 0.15) is 11.1 Å². The first kappa shape index (κ1) is 22.1. The van der Waals surface area contributed by atoms with Gasteiger partial charge in [0.25, 0.3) is 0 Å². The second-order valence-electron chi connectivity index (χ2n) is 6.03. The summed E-state index contributed by atoms with van der Waals surface area (Å²) in [5.41, 5.74) is 7.66. The van der Waals surface area contributed by atoms with Gasteiger partial charge in [-0.25, -0.2) is 0 Å². The minimum Gasteiger partial charge on any atom is -0.495 e. The number of methoxy groups -OCH3 is 4. The lowest BCUT2D eigenvalue weighted by molar-refractivity contribution is -0.118. The van der Waals surface area contributed by atoms with Crippen LogP contribution in [0.25, 0.3) is 12.2 Å². The van der Waals surface area contributed by atoms with Crippen LogP contribution >= 0.6 is 0 Å². The lowest BCUT2D eigenvalue weighted by Gasteiger charge is -2.14. The lowest BCUT2D eigenvalue weighted by Crippen LogP contribution is -2.38. The van der Waals surface area contributed by atoms with Crippen LogP contribution in [-0.4, -0.2) is 52.1 Å². The highest BCUT2D eigenvalue weighted by Crippen LogP contribution is 2.38. The van der Waals surface area contributed by atoms with Crippen LogP contribution in [0.2, 0.25) is 0 Å². The van der Waals surface area contributed by atoms with Crippen molar-refractivity contribution in [2.75, 3.05) is 40.4 Å². The highest BCUT2D eigenvalue weighted by Gasteiger charge is 2.15. The van der Waals surface area contributed by atoms with Crippen molar-refractivity contribution in [1.82, 2.24) is 0 Å². The van der Waals surface area contributed by atoms with E-state index in [4.69, 9.17) is 29.8 Å². The van der Waals surface area contributed by atoms with Gasteiger partial charge in [-0.05, 0) is 35.4 Å². The molecule has 2 aromatic carbocycles. The summed E-state index contributed by atoms with van der Waals surface area (Å²) in [5, 5.41) is 11.7. The highest BCUT2D eigenvalue weighted by atomic mass is 16.5. The van der Waals surface area contributed by atoms with Crippen molar-refractivity contribution in [3.63, 3.8) is 0 Å². The molecule has 0 aliphatic carbocycles. The van der Waals surface area contributed by atoms with E-state index in [0.29, 0.717) is 28.7 Å². The van der Waals surface area contributed by atoms with Crippen molar-refractivity contribution in [2.24, 2.45) is 5.73 Å². The molecule has 156 valence electrons. The Morgan fingerprint density at radius 3 is 2.07 bits per heavy atom. The van der Waals surface area contributed by atoms with Crippen molar-refractivity contribution in [3.8, 4) is 23.0 Å². The predicted octanol–water partition coefficient (Wildman–Crippen LogP) is 2.15. The summed E-state index contributed by atoms with van der Waals surface area (Å²) in [5.74, 6) is 1.59. The van der Waals surface area contributed by atoms with Gasteiger partial charge in [-0.2, -0.15) is 0 Å². The first-order chi connectivity index (χ1) is 14.0. The molecule has 0 fully saturated rings. The van der Waals surface area contributed by atoms with Crippen LogP contribution < -0.4 is 30.0 Å². The molecule has 0 aliphatic rings. The van der Waals surface area contributed by atoms with Crippen LogP contribution in [0.15, 0.2) is 30.3 Å². The maximum absolute atomic E-state index is 12.0. The van der Waals surface area contributed by atoms with E-state index in [0.717, 1.165) is 11.1 Å². The molecular formula is C21H26N2O6. The third-order valence-electron chi connectivity index (χ3n) is 4.17. The van der Waals surface area contributed by atoms with Crippen LogP contribution in [-0.2, 0) is 4.79 Å². The Morgan fingerprint density at radius 1 is 0.966 bits per heavy atom. The first-order valence-electron chi connectivity index (χ1n) is 8.80. The van der Waals surface area contributed by atoms with Gasteiger partial charge < -0.3 is 35.1 Å². The van der Waals surface area contributed by atoms with E-state index < -0.39 is 18.6 Å². The fourth-order valence-corrected chi connectivity index (χ4v) is 2.63. The zero-order chi connectivity index (χ0) is 21.4. The maximum Gasteiger partial charge on any atom is 0.243 e. The molecule has 2 rings (SSSR count). The van der Waals surface area contributed by atoms with Gasteiger partial charge in [0, 0.05) is 0 Å². The molecule has 0 aromatic heterocycles. The smallest absolute Gasteiger partial charge is 0.243 e. The Balaban J connectivity index is 2.33. The largest absolute Gasteiger partial charge is 0.495 e. The molecule has 0 heterocycles. The molecule has 0 saturated carbocycles. The molecule has 0 spiro atoms. The second-order valence-corrected chi connectivity index (χ2v) is 6.03. The zero-order valence-corrected chi connectivity index (χ0v) is 16.9. The molecule has 29 heavy (non-hydrogen) atoms. The molecule has 1 amide bonds. The van der Waals surface area contributed by atoms with E-state index >= 15 is 0 Å². The molecule has 0 saturated heterocycles. The maximum atomic E-state index is 12.0. The van der Waals surface area contributed by atoms with Crippen LogP contribution in [0.5, 0.6) is 23.0 Å². The number of aliphatic hydroxyl groups is 1. The van der Waals surface area contributed by atoms with Crippen molar-refractivity contribution in [3.05, 3.63) is 41.5 Å². The number of nitrogens with two attached hydrogens (primary N) is 1.